The van der Waals surface area contributed by atoms with Crippen LogP contribution in [0.5, 0.6) is 5.88 Å². The Bertz CT molecular complexity index is 445. The van der Waals surface area contributed by atoms with Gasteiger partial charge >= 0.3 is 0 Å². The molecule has 0 aliphatic carbocycles. The maximum atomic E-state index is 5.05. The van der Waals surface area contributed by atoms with Crippen molar-refractivity contribution >= 4 is 5.82 Å². The van der Waals surface area contributed by atoms with Crippen LogP contribution in [0.15, 0.2) is 42.7 Å². The third-order valence-electron chi connectivity index (χ3n) is 2.16. The van der Waals surface area contributed by atoms with Gasteiger partial charge in [-0.15, -0.1) is 0 Å². The van der Waals surface area contributed by atoms with Gasteiger partial charge in [0.05, 0.1) is 7.11 Å². The molecular formula is C12H13N3O. The van der Waals surface area contributed by atoms with Gasteiger partial charge in [-0.2, -0.15) is 4.98 Å². The van der Waals surface area contributed by atoms with Crippen LogP contribution in [0.1, 0.15) is 5.56 Å². The molecule has 0 unspecified atom stereocenters. The van der Waals surface area contributed by atoms with Crippen LogP contribution >= 0.6 is 0 Å². The van der Waals surface area contributed by atoms with E-state index in [1.165, 1.54) is 5.56 Å². The van der Waals surface area contributed by atoms with E-state index in [1.54, 1.807) is 19.5 Å². The number of aromatic nitrogens is 2. The van der Waals surface area contributed by atoms with Crippen LogP contribution in [0, 0.1) is 0 Å². The fourth-order valence-corrected chi connectivity index (χ4v) is 1.32. The molecular weight excluding hydrogens is 202 g/mol. The zero-order valence-electron chi connectivity index (χ0n) is 9.05. The molecule has 0 aromatic carbocycles. The Labute approximate surface area is 94.3 Å². The Hall–Kier alpha value is -2.10. The predicted molar refractivity (Wildman–Crippen MR) is 62.4 cm³/mol. The average Bonchev–Trinajstić information content (AvgIpc) is 2.38. The third-order valence-corrected chi connectivity index (χ3v) is 2.16. The largest absolute Gasteiger partial charge is 0.481 e. The molecule has 0 spiro atoms. The number of nitrogens with one attached hydrogen (secondary N) is 1. The first-order valence-electron chi connectivity index (χ1n) is 5.02. The average molecular weight is 215 g/mol. The molecule has 0 aliphatic heterocycles. The van der Waals surface area contributed by atoms with Crippen molar-refractivity contribution < 1.29 is 4.74 Å². The Morgan fingerprint density at radius 2 is 2.00 bits per heavy atom. The highest BCUT2D eigenvalue weighted by atomic mass is 16.5. The minimum absolute atomic E-state index is 0.611. The van der Waals surface area contributed by atoms with E-state index >= 15 is 0 Å². The van der Waals surface area contributed by atoms with Crippen molar-refractivity contribution in [2.75, 3.05) is 12.4 Å². The summed E-state index contributed by atoms with van der Waals surface area (Å²) >= 11 is 0. The van der Waals surface area contributed by atoms with E-state index in [0.717, 1.165) is 12.4 Å². The van der Waals surface area contributed by atoms with Gasteiger partial charge in [0.25, 0.3) is 0 Å². The highest BCUT2D eigenvalue weighted by molar-refractivity contribution is 5.37. The lowest BCUT2D eigenvalue weighted by Crippen LogP contribution is -2.01. The summed E-state index contributed by atoms with van der Waals surface area (Å²) in [6, 6.07) is 9.56. The smallest absolute Gasteiger partial charge is 0.214 e. The molecule has 2 heterocycles. The molecule has 0 bridgehead atoms. The van der Waals surface area contributed by atoms with Crippen LogP contribution in [0.4, 0.5) is 5.82 Å². The molecule has 0 atom stereocenters. The second kappa shape index (κ2) is 5.11. The van der Waals surface area contributed by atoms with E-state index in [-0.39, 0.29) is 0 Å². The summed E-state index contributed by atoms with van der Waals surface area (Å²) in [5.74, 6) is 1.41. The van der Waals surface area contributed by atoms with Gasteiger partial charge in [-0.05, 0) is 23.8 Å². The molecule has 0 fully saturated rings. The maximum absolute atomic E-state index is 5.05. The van der Waals surface area contributed by atoms with Crippen LogP contribution in [-0.4, -0.2) is 17.1 Å². The molecule has 4 nitrogen and oxygen atoms in total. The summed E-state index contributed by atoms with van der Waals surface area (Å²) < 4.78 is 5.05. The predicted octanol–water partition coefficient (Wildman–Crippen LogP) is 2.10. The zero-order chi connectivity index (χ0) is 11.2. The van der Waals surface area contributed by atoms with Gasteiger partial charge in [0.15, 0.2) is 0 Å². The number of pyridine rings is 2. The highest BCUT2D eigenvalue weighted by Gasteiger charge is 1.96. The number of hydrogen-bond donors (Lipinski definition) is 1. The van der Waals surface area contributed by atoms with Crippen LogP contribution in [-0.2, 0) is 6.54 Å². The first-order valence-corrected chi connectivity index (χ1v) is 5.02. The lowest BCUT2D eigenvalue weighted by Gasteiger charge is -2.06. The summed E-state index contributed by atoms with van der Waals surface area (Å²) in [7, 11) is 1.61. The van der Waals surface area contributed by atoms with Crippen molar-refractivity contribution in [3.8, 4) is 5.88 Å². The SMILES string of the molecule is COc1cccc(NCc2ccncc2)n1. The molecule has 2 rings (SSSR count). The first-order chi connectivity index (χ1) is 7.88. The van der Waals surface area contributed by atoms with Gasteiger partial charge in [-0.3, -0.25) is 4.98 Å². The highest BCUT2D eigenvalue weighted by Crippen LogP contribution is 2.11. The second-order valence-electron chi connectivity index (χ2n) is 3.27. The van der Waals surface area contributed by atoms with Gasteiger partial charge in [-0.25, -0.2) is 0 Å². The molecule has 1 N–H and O–H groups in total. The normalized spacial score (nSPS) is 9.81. The minimum Gasteiger partial charge on any atom is -0.481 e. The van der Waals surface area contributed by atoms with Gasteiger partial charge in [-0.1, -0.05) is 6.07 Å². The molecule has 2 aromatic heterocycles. The van der Waals surface area contributed by atoms with Crippen LogP contribution in [0.3, 0.4) is 0 Å². The lowest BCUT2D eigenvalue weighted by atomic mass is 10.3. The lowest BCUT2D eigenvalue weighted by molar-refractivity contribution is 0.398. The topological polar surface area (TPSA) is 47.0 Å². The number of nitrogens with zero attached hydrogens (tertiary/aromatic N) is 2. The Balaban J connectivity index is 1.99. The zero-order valence-corrected chi connectivity index (χ0v) is 9.05. The number of hydrogen-bond acceptors (Lipinski definition) is 4. The molecule has 2 aromatic rings. The fraction of sp³-hybridized carbons (Fsp3) is 0.167. The molecule has 0 radical (unpaired) electrons. The van der Waals surface area contributed by atoms with Crippen molar-refractivity contribution in [2.45, 2.75) is 6.54 Å². The molecule has 16 heavy (non-hydrogen) atoms. The first kappa shape index (κ1) is 10.4. The molecule has 0 saturated heterocycles. The molecule has 4 heteroatoms. The van der Waals surface area contributed by atoms with E-state index in [0.29, 0.717) is 5.88 Å². The van der Waals surface area contributed by atoms with E-state index < -0.39 is 0 Å². The standard InChI is InChI=1S/C12H13N3O/c1-16-12-4-2-3-11(15-12)14-9-10-5-7-13-8-6-10/h2-8H,9H2,1H3,(H,14,15). The quantitative estimate of drug-likeness (QED) is 0.848. The Kier molecular flexibility index (Phi) is 3.33. The number of ether oxygens (including phenoxy) is 1. The van der Waals surface area contributed by atoms with Gasteiger partial charge in [0.1, 0.15) is 5.82 Å². The minimum atomic E-state index is 0.611. The number of anilines is 1. The summed E-state index contributed by atoms with van der Waals surface area (Å²) in [5, 5.41) is 3.22. The number of methoxy groups -OCH3 is 1. The van der Waals surface area contributed by atoms with E-state index in [1.807, 2.05) is 30.3 Å². The van der Waals surface area contributed by atoms with Crippen molar-refractivity contribution in [2.24, 2.45) is 0 Å². The van der Waals surface area contributed by atoms with Gasteiger partial charge in [0.2, 0.25) is 5.88 Å². The number of rotatable bonds is 4. The fourth-order valence-electron chi connectivity index (χ4n) is 1.32. The summed E-state index contributed by atoms with van der Waals surface area (Å²) in [5.41, 5.74) is 1.17. The van der Waals surface area contributed by atoms with Crippen LogP contribution in [0.2, 0.25) is 0 Å². The van der Waals surface area contributed by atoms with Crippen molar-refractivity contribution in [3.05, 3.63) is 48.3 Å². The Morgan fingerprint density at radius 3 is 2.75 bits per heavy atom. The summed E-state index contributed by atoms with van der Waals surface area (Å²) in [6.45, 7) is 0.725. The van der Waals surface area contributed by atoms with Crippen LogP contribution in [0.25, 0.3) is 0 Å². The van der Waals surface area contributed by atoms with E-state index in [2.05, 4.69) is 15.3 Å². The summed E-state index contributed by atoms with van der Waals surface area (Å²) in [4.78, 5) is 8.22. The van der Waals surface area contributed by atoms with Crippen LogP contribution < -0.4 is 10.1 Å². The monoisotopic (exact) mass is 215 g/mol. The second-order valence-corrected chi connectivity index (χ2v) is 3.27. The maximum Gasteiger partial charge on any atom is 0.214 e. The molecule has 82 valence electrons. The van der Waals surface area contributed by atoms with Gasteiger partial charge < -0.3 is 10.1 Å². The van der Waals surface area contributed by atoms with Crippen molar-refractivity contribution in [1.82, 2.24) is 9.97 Å². The van der Waals surface area contributed by atoms with E-state index in [4.69, 9.17) is 4.74 Å². The molecule has 0 saturated carbocycles. The molecule has 0 aliphatic rings. The van der Waals surface area contributed by atoms with Crippen molar-refractivity contribution in [1.29, 1.82) is 0 Å². The summed E-state index contributed by atoms with van der Waals surface area (Å²) in [6.07, 6.45) is 3.55. The van der Waals surface area contributed by atoms with Crippen molar-refractivity contribution in [3.63, 3.8) is 0 Å². The van der Waals surface area contributed by atoms with E-state index in [9.17, 15) is 0 Å². The third kappa shape index (κ3) is 2.70. The van der Waals surface area contributed by atoms with Gasteiger partial charge in [0, 0.05) is 25.0 Å². The Morgan fingerprint density at radius 1 is 1.19 bits per heavy atom. The molecule has 0 amide bonds.